The smallest absolute Gasteiger partial charge is 0.275 e. The van der Waals surface area contributed by atoms with Crippen LogP contribution in [-0.2, 0) is 4.74 Å². The van der Waals surface area contributed by atoms with E-state index < -0.39 is 0 Å². The third-order valence-electron chi connectivity index (χ3n) is 7.92. The van der Waals surface area contributed by atoms with Gasteiger partial charge < -0.3 is 29.7 Å². The van der Waals surface area contributed by atoms with Crippen molar-refractivity contribution in [3.8, 4) is 22.1 Å². The number of benzene rings is 2. The van der Waals surface area contributed by atoms with Gasteiger partial charge >= 0.3 is 0 Å². The number of hydrogen-bond acceptors (Lipinski definition) is 10. The Morgan fingerprint density at radius 1 is 1.12 bits per heavy atom. The van der Waals surface area contributed by atoms with Gasteiger partial charge in [-0.25, -0.2) is 4.98 Å². The lowest BCUT2D eigenvalue weighted by molar-refractivity contribution is -0.0920. The molecule has 2 aromatic carbocycles. The van der Waals surface area contributed by atoms with Crippen molar-refractivity contribution in [2.24, 2.45) is 0 Å². The van der Waals surface area contributed by atoms with Crippen LogP contribution in [0.1, 0.15) is 28.9 Å². The number of aliphatic hydroxyl groups excluding tert-OH is 1. The first-order chi connectivity index (χ1) is 20.5. The third kappa shape index (κ3) is 6.14. The topological polar surface area (TPSA) is 113 Å². The largest absolute Gasteiger partial charge is 0.457 e. The Morgan fingerprint density at radius 2 is 1.95 bits per heavy atom. The number of thiazole rings is 1. The molecule has 0 unspecified atom stereocenters. The summed E-state index contributed by atoms with van der Waals surface area (Å²) in [7, 11) is 0. The highest BCUT2D eigenvalue weighted by Crippen LogP contribution is 2.41. The summed E-state index contributed by atoms with van der Waals surface area (Å²) < 4.78 is 12.7. The molecule has 2 N–H and O–H groups in total. The molecule has 0 saturated carbocycles. The molecule has 10 nitrogen and oxygen atoms in total. The fraction of sp³-hybridized carbons (Fsp3) is 0.355. The zero-order valence-corrected chi connectivity index (χ0v) is 24.3. The number of rotatable bonds is 8. The van der Waals surface area contributed by atoms with Gasteiger partial charge in [-0.15, -0.1) is 11.3 Å². The summed E-state index contributed by atoms with van der Waals surface area (Å²) in [5, 5.41) is 22.7. The van der Waals surface area contributed by atoms with Gasteiger partial charge in [-0.2, -0.15) is 10.2 Å². The number of carbonyl (C=O) groups is 1. The number of hydrogen-bond donors (Lipinski definition) is 2. The highest BCUT2D eigenvalue weighted by molar-refractivity contribution is 7.13. The first-order valence-corrected chi connectivity index (χ1v) is 15.0. The maximum atomic E-state index is 13.5. The van der Waals surface area contributed by atoms with Crippen LogP contribution >= 0.6 is 11.3 Å². The minimum absolute atomic E-state index is 0.163. The molecule has 1 spiro atoms. The lowest BCUT2D eigenvalue weighted by Gasteiger charge is -2.48. The van der Waals surface area contributed by atoms with Gasteiger partial charge in [0.15, 0.2) is 0 Å². The Morgan fingerprint density at radius 3 is 2.71 bits per heavy atom. The predicted molar refractivity (Wildman–Crippen MR) is 162 cm³/mol. The van der Waals surface area contributed by atoms with E-state index in [4.69, 9.17) is 9.47 Å². The quantitative estimate of drug-likeness (QED) is 0.305. The number of piperidine rings is 1. The molecule has 2 fully saturated rings. The number of aliphatic hydroxyl groups is 1. The molecular weight excluding hydrogens is 552 g/mol. The summed E-state index contributed by atoms with van der Waals surface area (Å²) in [5.74, 6) is 1.20. The fourth-order valence-corrected chi connectivity index (χ4v) is 6.48. The summed E-state index contributed by atoms with van der Waals surface area (Å²) in [6.07, 6.45) is 5.01. The molecule has 0 radical (unpaired) electrons. The van der Waals surface area contributed by atoms with Crippen LogP contribution in [0.4, 0.5) is 11.4 Å². The van der Waals surface area contributed by atoms with Gasteiger partial charge in [0.25, 0.3) is 5.91 Å². The second-order valence-electron chi connectivity index (χ2n) is 10.6. The van der Waals surface area contributed by atoms with Crippen molar-refractivity contribution >= 4 is 28.6 Å². The molecule has 4 heterocycles. The van der Waals surface area contributed by atoms with Crippen LogP contribution in [0.3, 0.4) is 0 Å². The van der Waals surface area contributed by atoms with E-state index in [-0.39, 0.29) is 18.1 Å². The SMILES string of the molecule is Cc1c(Oc2ccccc2)ccc(NC(=O)c2csc(-c3ccnnc3)n2)c1N1CCOC2(CCN(CCO)CC2)C1. The van der Waals surface area contributed by atoms with Crippen LogP contribution in [0.2, 0.25) is 0 Å². The number of morpholine rings is 1. The van der Waals surface area contributed by atoms with E-state index in [0.717, 1.165) is 54.2 Å². The zero-order chi connectivity index (χ0) is 28.9. The van der Waals surface area contributed by atoms with Gasteiger partial charge in [0, 0.05) is 49.2 Å². The molecule has 11 heteroatoms. The first kappa shape index (κ1) is 28.2. The van der Waals surface area contributed by atoms with E-state index in [0.29, 0.717) is 42.6 Å². The molecule has 0 atom stereocenters. The van der Waals surface area contributed by atoms with E-state index >= 15 is 0 Å². The molecule has 0 aliphatic carbocycles. The standard InChI is InChI=1S/C31H34N6O4S/c1-22-27(41-24-5-3-2-4-6-24)8-7-25(34-29(39)26-20-42-30(35-26)23-9-12-32-33-19-23)28(22)37-16-18-40-31(21-37)10-13-36(14-11-31)15-17-38/h2-9,12,19-20,38H,10-11,13-18,21H2,1H3,(H,34,39). The normalized spacial score (nSPS) is 16.9. The van der Waals surface area contributed by atoms with Crippen molar-refractivity contribution in [3.05, 3.63) is 77.6 Å². The number of aromatic nitrogens is 3. The van der Waals surface area contributed by atoms with Gasteiger partial charge in [-0.05, 0) is 50.1 Å². The number of ether oxygens (including phenoxy) is 2. The molecule has 2 aliphatic heterocycles. The van der Waals surface area contributed by atoms with Crippen molar-refractivity contribution in [2.75, 3.05) is 56.2 Å². The Kier molecular flexibility index (Phi) is 8.43. The summed E-state index contributed by atoms with van der Waals surface area (Å²) in [6, 6.07) is 15.3. The summed E-state index contributed by atoms with van der Waals surface area (Å²) in [4.78, 5) is 22.6. The number of nitrogens with zero attached hydrogens (tertiary/aromatic N) is 5. The molecule has 2 aliphatic rings. The van der Waals surface area contributed by atoms with Crippen LogP contribution in [0.25, 0.3) is 10.6 Å². The molecule has 2 saturated heterocycles. The summed E-state index contributed by atoms with van der Waals surface area (Å²) in [5.41, 5.74) is 3.44. The maximum absolute atomic E-state index is 13.5. The molecule has 6 rings (SSSR count). The van der Waals surface area contributed by atoms with Crippen LogP contribution in [0.15, 0.2) is 66.3 Å². The van der Waals surface area contributed by atoms with E-state index in [1.807, 2.05) is 55.5 Å². The Balaban J connectivity index is 1.29. The summed E-state index contributed by atoms with van der Waals surface area (Å²) in [6.45, 7) is 6.63. The highest BCUT2D eigenvalue weighted by Gasteiger charge is 2.40. The predicted octanol–water partition coefficient (Wildman–Crippen LogP) is 4.62. The third-order valence-corrected chi connectivity index (χ3v) is 8.81. The number of likely N-dealkylation sites (tertiary alicyclic amines) is 1. The molecule has 2 aromatic heterocycles. The van der Waals surface area contributed by atoms with E-state index in [1.54, 1.807) is 17.8 Å². The average Bonchev–Trinajstić information content (AvgIpc) is 3.52. The van der Waals surface area contributed by atoms with Crippen LogP contribution in [0, 0.1) is 6.92 Å². The molecule has 218 valence electrons. The van der Waals surface area contributed by atoms with E-state index in [1.165, 1.54) is 11.3 Å². The average molecular weight is 587 g/mol. The van der Waals surface area contributed by atoms with Crippen molar-refractivity contribution in [1.82, 2.24) is 20.1 Å². The number of anilines is 2. The van der Waals surface area contributed by atoms with Crippen molar-refractivity contribution in [1.29, 1.82) is 0 Å². The number of amides is 1. The number of para-hydroxylation sites is 1. The minimum atomic E-state index is -0.281. The molecule has 4 aromatic rings. The maximum Gasteiger partial charge on any atom is 0.275 e. The Labute approximate surface area is 248 Å². The van der Waals surface area contributed by atoms with Crippen molar-refractivity contribution < 1.29 is 19.4 Å². The zero-order valence-electron chi connectivity index (χ0n) is 23.5. The van der Waals surface area contributed by atoms with E-state index in [2.05, 4.69) is 30.3 Å². The van der Waals surface area contributed by atoms with Gasteiger partial charge in [-0.1, -0.05) is 18.2 Å². The van der Waals surface area contributed by atoms with E-state index in [9.17, 15) is 9.90 Å². The molecule has 0 bridgehead atoms. The molecule has 1 amide bonds. The number of β-amino-alcohol motifs (C(OH)–C–C–N with tert-alkyl or cyclic N) is 1. The van der Waals surface area contributed by atoms with Gasteiger partial charge in [0.1, 0.15) is 22.2 Å². The van der Waals surface area contributed by atoms with Crippen LogP contribution in [0.5, 0.6) is 11.5 Å². The molecule has 42 heavy (non-hydrogen) atoms. The first-order valence-electron chi connectivity index (χ1n) is 14.2. The fourth-order valence-electron chi connectivity index (χ4n) is 5.69. The minimum Gasteiger partial charge on any atom is -0.457 e. The summed E-state index contributed by atoms with van der Waals surface area (Å²) >= 11 is 1.39. The molecular formula is C31H34N6O4S. The van der Waals surface area contributed by atoms with Gasteiger partial charge in [-0.3, -0.25) is 4.79 Å². The Hall–Kier alpha value is -3.90. The lowest BCUT2D eigenvalue weighted by atomic mass is 9.88. The number of carbonyl (C=O) groups excluding carboxylic acids is 1. The van der Waals surface area contributed by atoms with Crippen molar-refractivity contribution in [2.45, 2.75) is 25.4 Å². The van der Waals surface area contributed by atoms with Crippen LogP contribution < -0.4 is 15.0 Å². The van der Waals surface area contributed by atoms with Crippen molar-refractivity contribution in [3.63, 3.8) is 0 Å². The monoisotopic (exact) mass is 586 g/mol. The second-order valence-corrected chi connectivity index (χ2v) is 11.5. The highest BCUT2D eigenvalue weighted by atomic mass is 32.1. The van der Waals surface area contributed by atoms with Gasteiger partial charge in [0.05, 0.1) is 42.6 Å². The lowest BCUT2D eigenvalue weighted by Crippen LogP contribution is -2.57. The second kappa shape index (κ2) is 12.5. The van der Waals surface area contributed by atoms with Gasteiger partial charge in [0.2, 0.25) is 0 Å². The Bertz CT molecular complexity index is 1510. The van der Waals surface area contributed by atoms with Crippen LogP contribution in [-0.4, -0.2) is 82.6 Å². The number of nitrogens with one attached hydrogen (secondary N) is 1.